The number of amides is 2. The topological polar surface area (TPSA) is 74.3 Å². The zero-order valence-electron chi connectivity index (χ0n) is 16.6. The molecule has 0 N–H and O–H groups in total. The number of halogens is 2. The Kier molecular flexibility index (Phi) is 6.36. The first kappa shape index (κ1) is 21.9. The van der Waals surface area contributed by atoms with E-state index in [1.165, 1.54) is 0 Å². The first-order valence-electron chi connectivity index (χ1n) is 9.25. The number of methoxy groups -OCH3 is 1. The fourth-order valence-corrected chi connectivity index (χ4v) is 4.60. The standard InChI is InChI=1S/C21H17BrClNO6S/c1-3-28-17-7-13(22)11(4-15(17)27-2)6-19-20(25)24(21(26)31-19)9-12-5-16-18(8-14(12)23)30-10-29-16/h4-8H,3,9-10H2,1-2H3/b19-6-. The number of hydrogen-bond acceptors (Lipinski definition) is 7. The van der Waals surface area contributed by atoms with Crippen molar-refractivity contribution in [1.82, 2.24) is 4.90 Å². The molecule has 0 aliphatic carbocycles. The van der Waals surface area contributed by atoms with E-state index in [4.69, 9.17) is 30.5 Å². The van der Waals surface area contributed by atoms with E-state index in [-0.39, 0.29) is 18.6 Å². The van der Waals surface area contributed by atoms with Crippen molar-refractivity contribution in [2.24, 2.45) is 0 Å². The Bertz CT molecular complexity index is 1110. The number of nitrogens with zero attached hydrogens (tertiary/aromatic N) is 1. The molecule has 2 amide bonds. The van der Waals surface area contributed by atoms with Crippen molar-refractivity contribution >= 4 is 56.5 Å². The van der Waals surface area contributed by atoms with E-state index in [1.807, 2.05) is 6.92 Å². The van der Waals surface area contributed by atoms with Crippen LogP contribution in [0.4, 0.5) is 4.79 Å². The fraction of sp³-hybridized carbons (Fsp3) is 0.238. The van der Waals surface area contributed by atoms with E-state index < -0.39 is 5.91 Å². The summed E-state index contributed by atoms with van der Waals surface area (Å²) in [4.78, 5) is 27.0. The van der Waals surface area contributed by atoms with Crippen LogP contribution in [-0.4, -0.2) is 36.6 Å². The Morgan fingerprint density at radius 3 is 2.65 bits per heavy atom. The van der Waals surface area contributed by atoms with Crippen molar-refractivity contribution in [2.75, 3.05) is 20.5 Å². The van der Waals surface area contributed by atoms with Crippen molar-refractivity contribution < 1.29 is 28.5 Å². The summed E-state index contributed by atoms with van der Waals surface area (Å²) in [6.45, 7) is 2.51. The van der Waals surface area contributed by atoms with Crippen molar-refractivity contribution in [3.05, 3.63) is 49.8 Å². The van der Waals surface area contributed by atoms with Gasteiger partial charge < -0.3 is 18.9 Å². The second-order valence-corrected chi connectivity index (χ2v) is 8.78. The lowest BCUT2D eigenvalue weighted by Crippen LogP contribution is -2.27. The zero-order chi connectivity index (χ0) is 22.1. The maximum absolute atomic E-state index is 13.0. The van der Waals surface area contributed by atoms with Crippen LogP contribution in [0.3, 0.4) is 0 Å². The highest BCUT2D eigenvalue weighted by molar-refractivity contribution is 9.10. The minimum atomic E-state index is -0.400. The molecule has 10 heteroatoms. The third-order valence-electron chi connectivity index (χ3n) is 4.61. The second-order valence-electron chi connectivity index (χ2n) is 6.52. The van der Waals surface area contributed by atoms with E-state index in [2.05, 4.69) is 15.9 Å². The van der Waals surface area contributed by atoms with Gasteiger partial charge in [0.15, 0.2) is 23.0 Å². The van der Waals surface area contributed by atoms with Gasteiger partial charge in [0, 0.05) is 15.6 Å². The molecule has 1 saturated heterocycles. The van der Waals surface area contributed by atoms with Gasteiger partial charge in [0.2, 0.25) is 6.79 Å². The minimum Gasteiger partial charge on any atom is -0.493 e. The average Bonchev–Trinajstić information content (AvgIpc) is 3.29. The van der Waals surface area contributed by atoms with Crippen molar-refractivity contribution in [1.29, 1.82) is 0 Å². The van der Waals surface area contributed by atoms with Gasteiger partial charge in [-0.15, -0.1) is 0 Å². The van der Waals surface area contributed by atoms with E-state index in [9.17, 15) is 9.59 Å². The van der Waals surface area contributed by atoms with Crippen molar-refractivity contribution in [3.63, 3.8) is 0 Å². The molecule has 0 bridgehead atoms. The molecule has 2 aromatic rings. The van der Waals surface area contributed by atoms with Crippen LogP contribution in [0.1, 0.15) is 18.1 Å². The number of carbonyl (C=O) groups is 2. The van der Waals surface area contributed by atoms with E-state index in [1.54, 1.807) is 37.5 Å². The van der Waals surface area contributed by atoms with E-state index >= 15 is 0 Å². The fourth-order valence-electron chi connectivity index (χ4n) is 3.12. The number of fused-ring (bicyclic) bond motifs is 1. The normalized spacial score (nSPS) is 16.4. The third kappa shape index (κ3) is 4.35. The molecule has 162 valence electrons. The number of imide groups is 1. The summed E-state index contributed by atoms with van der Waals surface area (Å²) in [6.07, 6.45) is 1.65. The Hall–Kier alpha value is -2.36. The summed E-state index contributed by atoms with van der Waals surface area (Å²) in [5.74, 6) is 1.79. The van der Waals surface area contributed by atoms with Crippen LogP contribution in [0.2, 0.25) is 5.02 Å². The van der Waals surface area contributed by atoms with Gasteiger partial charge in [-0.25, -0.2) is 0 Å². The molecule has 0 atom stereocenters. The smallest absolute Gasteiger partial charge is 0.293 e. The maximum Gasteiger partial charge on any atom is 0.293 e. The molecule has 0 spiro atoms. The molecular weight excluding hydrogens is 510 g/mol. The summed E-state index contributed by atoms with van der Waals surface area (Å²) >= 11 is 10.7. The summed E-state index contributed by atoms with van der Waals surface area (Å²) in [5, 5.41) is 0.0188. The molecule has 0 aromatic heterocycles. The van der Waals surface area contributed by atoms with Crippen LogP contribution in [0.15, 0.2) is 33.6 Å². The van der Waals surface area contributed by atoms with Gasteiger partial charge in [-0.2, -0.15) is 0 Å². The van der Waals surface area contributed by atoms with Gasteiger partial charge in [0.1, 0.15) is 0 Å². The zero-order valence-corrected chi connectivity index (χ0v) is 19.7. The Morgan fingerprint density at radius 2 is 1.94 bits per heavy atom. The molecular formula is C21H17BrClNO6S. The average molecular weight is 527 g/mol. The van der Waals surface area contributed by atoms with Crippen LogP contribution in [0.5, 0.6) is 23.0 Å². The lowest BCUT2D eigenvalue weighted by atomic mass is 10.1. The van der Waals surface area contributed by atoms with Crippen molar-refractivity contribution in [2.45, 2.75) is 13.5 Å². The molecule has 7 nitrogen and oxygen atoms in total. The highest BCUT2D eigenvalue weighted by Gasteiger charge is 2.36. The molecule has 2 aromatic carbocycles. The van der Waals surface area contributed by atoms with Crippen LogP contribution in [-0.2, 0) is 11.3 Å². The first-order chi connectivity index (χ1) is 14.9. The number of thioether (sulfide) groups is 1. The molecule has 0 saturated carbocycles. The number of rotatable bonds is 6. The molecule has 0 radical (unpaired) electrons. The van der Waals surface area contributed by atoms with Gasteiger partial charge in [-0.3, -0.25) is 14.5 Å². The Morgan fingerprint density at radius 1 is 1.19 bits per heavy atom. The third-order valence-corrected chi connectivity index (χ3v) is 6.56. The van der Waals surface area contributed by atoms with Gasteiger partial charge in [-0.1, -0.05) is 27.5 Å². The number of carbonyl (C=O) groups excluding carboxylic acids is 2. The molecule has 2 heterocycles. The molecule has 1 fully saturated rings. The second kappa shape index (κ2) is 9.02. The van der Waals surface area contributed by atoms with Crippen LogP contribution in [0, 0.1) is 0 Å². The summed E-state index contributed by atoms with van der Waals surface area (Å²) in [6, 6.07) is 6.82. The molecule has 0 unspecified atom stereocenters. The predicted molar refractivity (Wildman–Crippen MR) is 121 cm³/mol. The van der Waals surface area contributed by atoms with E-state index in [0.29, 0.717) is 55.1 Å². The number of hydrogen-bond donors (Lipinski definition) is 0. The monoisotopic (exact) mass is 525 g/mol. The number of benzene rings is 2. The van der Waals surface area contributed by atoms with E-state index in [0.717, 1.165) is 16.7 Å². The quantitative estimate of drug-likeness (QED) is 0.462. The SMILES string of the molecule is CCOc1cc(Br)c(/C=C2\SC(=O)N(Cc3cc4c(cc3Cl)OCO4)C2=O)cc1OC. The summed E-state index contributed by atoms with van der Waals surface area (Å²) in [7, 11) is 1.54. The molecule has 2 aliphatic heterocycles. The summed E-state index contributed by atoms with van der Waals surface area (Å²) in [5.41, 5.74) is 1.28. The van der Waals surface area contributed by atoms with Crippen LogP contribution < -0.4 is 18.9 Å². The van der Waals surface area contributed by atoms with Gasteiger partial charge in [0.25, 0.3) is 11.1 Å². The molecule has 31 heavy (non-hydrogen) atoms. The Labute approximate surface area is 196 Å². The Balaban J connectivity index is 1.60. The lowest BCUT2D eigenvalue weighted by molar-refractivity contribution is -0.123. The molecule has 2 aliphatic rings. The largest absolute Gasteiger partial charge is 0.493 e. The minimum absolute atomic E-state index is 0.0330. The van der Waals surface area contributed by atoms with Gasteiger partial charge in [-0.05, 0) is 54.1 Å². The van der Waals surface area contributed by atoms with Crippen molar-refractivity contribution in [3.8, 4) is 23.0 Å². The molecule has 4 rings (SSSR count). The van der Waals surface area contributed by atoms with Crippen LogP contribution in [0.25, 0.3) is 6.08 Å². The highest BCUT2D eigenvalue weighted by atomic mass is 79.9. The van der Waals surface area contributed by atoms with Gasteiger partial charge in [0.05, 0.1) is 25.2 Å². The maximum atomic E-state index is 13.0. The highest BCUT2D eigenvalue weighted by Crippen LogP contribution is 2.41. The van der Waals surface area contributed by atoms with Gasteiger partial charge >= 0.3 is 0 Å². The lowest BCUT2D eigenvalue weighted by Gasteiger charge is -2.14. The summed E-state index contributed by atoms with van der Waals surface area (Å²) < 4.78 is 22.3. The first-order valence-corrected chi connectivity index (χ1v) is 11.2. The van der Waals surface area contributed by atoms with Crippen LogP contribution >= 0.6 is 39.3 Å². The number of ether oxygens (including phenoxy) is 4. The predicted octanol–water partition coefficient (Wildman–Crippen LogP) is 5.48.